The molecule has 0 radical (unpaired) electrons. The first kappa shape index (κ1) is 12.4. The molecule has 0 bridgehead atoms. The summed E-state index contributed by atoms with van der Waals surface area (Å²) in [7, 11) is 0. The van der Waals surface area contributed by atoms with Gasteiger partial charge in [0.2, 0.25) is 0 Å². The third-order valence-electron chi connectivity index (χ3n) is 2.32. The minimum absolute atomic E-state index is 0.224. The molecule has 4 heteroatoms. The van der Waals surface area contributed by atoms with Gasteiger partial charge in [0.15, 0.2) is 0 Å². The molecule has 0 aliphatic heterocycles. The summed E-state index contributed by atoms with van der Waals surface area (Å²) in [6.45, 7) is 0.624. The lowest BCUT2D eigenvalue weighted by molar-refractivity contribution is 0.627. The Morgan fingerprint density at radius 2 is 1.82 bits per heavy atom. The average molecular weight is 315 g/mol. The number of halogens is 3. The van der Waals surface area contributed by atoms with E-state index >= 15 is 0 Å². The Bertz CT molecular complexity index is 513. The van der Waals surface area contributed by atoms with Gasteiger partial charge in [-0.3, -0.25) is 0 Å². The van der Waals surface area contributed by atoms with Crippen molar-refractivity contribution in [3.05, 3.63) is 63.3 Å². The van der Waals surface area contributed by atoms with Crippen molar-refractivity contribution >= 4 is 33.2 Å². The van der Waals surface area contributed by atoms with Gasteiger partial charge in [0.05, 0.1) is 5.69 Å². The molecule has 0 saturated carbocycles. The Balaban J connectivity index is 2.07. The summed E-state index contributed by atoms with van der Waals surface area (Å²) in [5, 5.41) is 3.91. The van der Waals surface area contributed by atoms with E-state index in [-0.39, 0.29) is 5.82 Å². The molecule has 0 spiro atoms. The number of anilines is 1. The van der Waals surface area contributed by atoms with Crippen LogP contribution >= 0.6 is 27.5 Å². The second-order valence-electron chi connectivity index (χ2n) is 3.60. The highest BCUT2D eigenvalue weighted by Crippen LogP contribution is 2.26. The van der Waals surface area contributed by atoms with Crippen LogP contribution in [0, 0.1) is 5.82 Å². The highest BCUT2D eigenvalue weighted by molar-refractivity contribution is 9.10. The predicted molar refractivity (Wildman–Crippen MR) is 72.9 cm³/mol. The first-order valence-electron chi connectivity index (χ1n) is 5.08. The van der Waals surface area contributed by atoms with E-state index < -0.39 is 0 Å². The molecule has 0 saturated heterocycles. The average Bonchev–Trinajstić information content (AvgIpc) is 2.32. The summed E-state index contributed by atoms with van der Waals surface area (Å²) in [5.74, 6) is -0.224. The lowest BCUT2D eigenvalue weighted by Crippen LogP contribution is -2.00. The van der Waals surface area contributed by atoms with E-state index in [1.807, 2.05) is 18.2 Å². The van der Waals surface area contributed by atoms with Crippen molar-refractivity contribution < 1.29 is 4.39 Å². The van der Waals surface area contributed by atoms with Crippen molar-refractivity contribution in [2.75, 3.05) is 5.32 Å². The molecule has 0 atom stereocenters. The van der Waals surface area contributed by atoms with Crippen LogP contribution in [0.5, 0.6) is 0 Å². The lowest BCUT2D eigenvalue weighted by atomic mass is 10.2. The van der Waals surface area contributed by atoms with E-state index in [2.05, 4.69) is 21.2 Å². The monoisotopic (exact) mass is 313 g/mol. The van der Waals surface area contributed by atoms with E-state index in [0.29, 0.717) is 11.6 Å². The molecule has 2 aromatic carbocycles. The van der Waals surface area contributed by atoms with Crippen molar-refractivity contribution in [1.82, 2.24) is 0 Å². The van der Waals surface area contributed by atoms with E-state index in [1.54, 1.807) is 12.1 Å². The first-order valence-corrected chi connectivity index (χ1v) is 6.25. The van der Waals surface area contributed by atoms with Crippen LogP contribution in [-0.2, 0) is 6.54 Å². The molecule has 0 amide bonds. The summed E-state index contributed by atoms with van der Waals surface area (Å²) in [4.78, 5) is 0. The Morgan fingerprint density at radius 1 is 1.12 bits per heavy atom. The molecule has 88 valence electrons. The smallest absolute Gasteiger partial charge is 0.123 e. The molecule has 2 aromatic rings. The van der Waals surface area contributed by atoms with Crippen LogP contribution < -0.4 is 5.32 Å². The van der Waals surface area contributed by atoms with Crippen LogP contribution in [0.25, 0.3) is 0 Å². The summed E-state index contributed by atoms with van der Waals surface area (Å²) in [6, 6.07) is 11.9. The zero-order chi connectivity index (χ0) is 12.3. The molecule has 1 nitrogen and oxygen atoms in total. The van der Waals surface area contributed by atoms with Crippen molar-refractivity contribution in [3.8, 4) is 0 Å². The maximum absolute atomic E-state index is 12.7. The summed E-state index contributed by atoms with van der Waals surface area (Å²) in [5.41, 5.74) is 1.93. The third-order valence-corrected chi connectivity index (χ3v) is 3.25. The van der Waals surface area contributed by atoms with E-state index in [0.717, 1.165) is 15.7 Å². The van der Waals surface area contributed by atoms with Gasteiger partial charge in [0.25, 0.3) is 0 Å². The SMILES string of the molecule is Fc1ccc(CNc2cc(Cl)ccc2Br)cc1. The standard InChI is InChI=1S/C13H10BrClFN/c14-12-6-3-10(15)7-13(12)17-8-9-1-4-11(16)5-2-9/h1-7,17H,8H2. The predicted octanol–water partition coefficient (Wildman–Crippen LogP) is 4.85. The quantitative estimate of drug-likeness (QED) is 0.853. The Hall–Kier alpha value is -1.06. The maximum Gasteiger partial charge on any atom is 0.123 e. The van der Waals surface area contributed by atoms with Gasteiger partial charge in [0.1, 0.15) is 5.82 Å². The molecule has 2 rings (SSSR count). The first-order chi connectivity index (χ1) is 8.15. The Morgan fingerprint density at radius 3 is 2.53 bits per heavy atom. The molecule has 0 heterocycles. The Labute approximate surface area is 113 Å². The molecule has 1 N–H and O–H groups in total. The largest absolute Gasteiger partial charge is 0.380 e. The van der Waals surface area contributed by atoms with Gasteiger partial charge in [-0.15, -0.1) is 0 Å². The zero-order valence-electron chi connectivity index (χ0n) is 8.88. The number of hydrogen-bond acceptors (Lipinski definition) is 1. The van der Waals surface area contributed by atoms with Crippen LogP contribution in [0.1, 0.15) is 5.56 Å². The molecular formula is C13H10BrClFN. The summed E-state index contributed by atoms with van der Waals surface area (Å²) < 4.78 is 13.7. The van der Waals surface area contributed by atoms with Crippen molar-refractivity contribution in [2.24, 2.45) is 0 Å². The van der Waals surface area contributed by atoms with Gasteiger partial charge < -0.3 is 5.32 Å². The number of hydrogen-bond donors (Lipinski definition) is 1. The fraction of sp³-hybridized carbons (Fsp3) is 0.0769. The molecule has 0 aliphatic carbocycles. The maximum atomic E-state index is 12.7. The van der Waals surface area contributed by atoms with Gasteiger partial charge in [-0.2, -0.15) is 0 Å². The second kappa shape index (κ2) is 5.52. The second-order valence-corrected chi connectivity index (χ2v) is 4.89. The van der Waals surface area contributed by atoms with Gasteiger partial charge in [-0.1, -0.05) is 23.7 Å². The van der Waals surface area contributed by atoms with E-state index in [1.165, 1.54) is 12.1 Å². The van der Waals surface area contributed by atoms with Gasteiger partial charge in [-0.25, -0.2) is 4.39 Å². The molecule has 0 fully saturated rings. The van der Waals surface area contributed by atoms with Crippen molar-refractivity contribution in [3.63, 3.8) is 0 Å². The van der Waals surface area contributed by atoms with Crippen LogP contribution in [-0.4, -0.2) is 0 Å². The minimum atomic E-state index is -0.224. The van der Waals surface area contributed by atoms with E-state index in [4.69, 9.17) is 11.6 Å². The number of nitrogens with one attached hydrogen (secondary N) is 1. The molecule has 0 aromatic heterocycles. The molecular weight excluding hydrogens is 305 g/mol. The van der Waals surface area contributed by atoms with Gasteiger partial charge >= 0.3 is 0 Å². The molecule has 0 unspecified atom stereocenters. The molecule has 0 aliphatic rings. The van der Waals surface area contributed by atoms with Gasteiger partial charge in [0, 0.05) is 16.0 Å². The number of benzene rings is 2. The number of rotatable bonds is 3. The highest BCUT2D eigenvalue weighted by Gasteiger charge is 2.00. The normalized spacial score (nSPS) is 10.3. The van der Waals surface area contributed by atoms with Crippen LogP contribution in [0.15, 0.2) is 46.9 Å². The third kappa shape index (κ3) is 3.45. The topological polar surface area (TPSA) is 12.0 Å². The van der Waals surface area contributed by atoms with E-state index in [9.17, 15) is 4.39 Å². The summed E-state index contributed by atoms with van der Waals surface area (Å²) >= 11 is 9.34. The van der Waals surface area contributed by atoms with Gasteiger partial charge in [-0.05, 0) is 51.8 Å². The highest BCUT2D eigenvalue weighted by atomic mass is 79.9. The van der Waals surface area contributed by atoms with Crippen LogP contribution in [0.2, 0.25) is 5.02 Å². The van der Waals surface area contributed by atoms with Crippen LogP contribution in [0.4, 0.5) is 10.1 Å². The molecule has 17 heavy (non-hydrogen) atoms. The minimum Gasteiger partial charge on any atom is -0.380 e. The zero-order valence-corrected chi connectivity index (χ0v) is 11.2. The Kier molecular flexibility index (Phi) is 4.02. The fourth-order valence-corrected chi connectivity index (χ4v) is 1.99. The van der Waals surface area contributed by atoms with Crippen molar-refractivity contribution in [1.29, 1.82) is 0 Å². The van der Waals surface area contributed by atoms with Crippen molar-refractivity contribution in [2.45, 2.75) is 6.54 Å². The van der Waals surface area contributed by atoms with Crippen LogP contribution in [0.3, 0.4) is 0 Å². The lowest BCUT2D eigenvalue weighted by Gasteiger charge is -2.09. The fourth-order valence-electron chi connectivity index (χ4n) is 1.43. The summed E-state index contributed by atoms with van der Waals surface area (Å²) in [6.07, 6.45) is 0.